The summed E-state index contributed by atoms with van der Waals surface area (Å²) in [5.74, 6) is 0.713. The molecule has 1 heterocycles. The van der Waals surface area contributed by atoms with Gasteiger partial charge >= 0.3 is 0 Å². The highest BCUT2D eigenvalue weighted by Crippen LogP contribution is 2.48. The largest absolute Gasteiger partial charge is 0.361 e. The molecule has 0 radical (unpaired) electrons. The van der Waals surface area contributed by atoms with E-state index in [0.29, 0.717) is 12.0 Å². The summed E-state index contributed by atoms with van der Waals surface area (Å²) in [6, 6.07) is 10.5. The molecule has 0 N–H and O–H groups in total. The van der Waals surface area contributed by atoms with Crippen molar-refractivity contribution >= 4 is 0 Å². The third kappa shape index (κ3) is 1.69. The molecule has 0 amide bonds. The summed E-state index contributed by atoms with van der Waals surface area (Å²) >= 11 is 0. The third-order valence-electron chi connectivity index (χ3n) is 2.98. The van der Waals surface area contributed by atoms with Crippen molar-refractivity contribution in [3.05, 3.63) is 35.9 Å². The molecule has 1 saturated heterocycles. The fourth-order valence-corrected chi connectivity index (χ4v) is 1.99. The van der Waals surface area contributed by atoms with Gasteiger partial charge in [-0.3, -0.25) is 0 Å². The molecule has 0 aliphatic carbocycles. The number of hydrogen-bond donors (Lipinski definition) is 0. The van der Waals surface area contributed by atoms with E-state index in [9.17, 15) is 0 Å². The summed E-state index contributed by atoms with van der Waals surface area (Å²) in [7, 11) is 0. The van der Waals surface area contributed by atoms with Crippen LogP contribution in [0.3, 0.4) is 0 Å². The van der Waals surface area contributed by atoms with Crippen LogP contribution in [0.5, 0.6) is 0 Å². The van der Waals surface area contributed by atoms with Crippen LogP contribution in [0.1, 0.15) is 32.8 Å². The quantitative estimate of drug-likeness (QED) is 0.666. The Morgan fingerprint density at radius 2 is 1.93 bits per heavy atom. The van der Waals surface area contributed by atoms with E-state index >= 15 is 0 Å². The molecule has 1 aromatic carbocycles. The highest BCUT2D eigenvalue weighted by atomic mass is 16.6. The molecule has 1 aromatic rings. The van der Waals surface area contributed by atoms with Crippen LogP contribution in [-0.2, 0) is 10.3 Å². The Hall–Kier alpha value is -0.820. The van der Waals surface area contributed by atoms with Crippen molar-refractivity contribution in [2.45, 2.75) is 38.9 Å². The van der Waals surface area contributed by atoms with Crippen molar-refractivity contribution in [3.63, 3.8) is 0 Å². The minimum Gasteiger partial charge on any atom is -0.361 e. The number of rotatable bonds is 3. The van der Waals surface area contributed by atoms with Crippen molar-refractivity contribution < 1.29 is 4.74 Å². The number of epoxide rings is 1. The zero-order chi connectivity index (χ0) is 10.2. The molecule has 1 aliphatic heterocycles. The molecule has 76 valence electrons. The van der Waals surface area contributed by atoms with E-state index in [2.05, 4.69) is 45.0 Å². The van der Waals surface area contributed by atoms with Crippen LogP contribution in [0.4, 0.5) is 0 Å². The first kappa shape index (κ1) is 9.72. The molecule has 0 bridgehead atoms. The summed E-state index contributed by atoms with van der Waals surface area (Å²) < 4.78 is 5.80. The Bertz CT molecular complexity index is 304. The van der Waals surface area contributed by atoms with Crippen molar-refractivity contribution in [3.8, 4) is 0 Å². The normalized spacial score (nSPS) is 30.7. The van der Waals surface area contributed by atoms with Gasteiger partial charge in [0.1, 0.15) is 5.60 Å². The molecule has 14 heavy (non-hydrogen) atoms. The van der Waals surface area contributed by atoms with Gasteiger partial charge in [0.15, 0.2) is 0 Å². The Morgan fingerprint density at radius 1 is 1.29 bits per heavy atom. The van der Waals surface area contributed by atoms with E-state index in [1.807, 2.05) is 6.07 Å². The predicted octanol–water partition coefficient (Wildman–Crippen LogP) is 3.35. The Morgan fingerprint density at radius 3 is 2.50 bits per heavy atom. The van der Waals surface area contributed by atoms with Gasteiger partial charge in [-0.25, -0.2) is 0 Å². The molecular formula is C13H18O. The van der Waals surface area contributed by atoms with Gasteiger partial charge in [-0.15, -0.1) is 0 Å². The third-order valence-corrected chi connectivity index (χ3v) is 2.98. The molecule has 2 rings (SSSR count). The van der Waals surface area contributed by atoms with Crippen LogP contribution in [0, 0.1) is 5.92 Å². The second-order valence-electron chi connectivity index (χ2n) is 4.71. The standard InChI is InChI=1S/C13H18O/c1-10(2)9-12-13(3,14-12)11-7-5-4-6-8-11/h4-8,10,12H,9H2,1-3H3/t12-,13?/m0/s1. The van der Waals surface area contributed by atoms with E-state index in [-0.39, 0.29) is 5.60 Å². The molecule has 0 spiro atoms. The van der Waals surface area contributed by atoms with E-state index < -0.39 is 0 Å². The lowest BCUT2D eigenvalue weighted by Crippen LogP contribution is -2.09. The van der Waals surface area contributed by atoms with Gasteiger partial charge in [0.25, 0.3) is 0 Å². The molecule has 1 fully saturated rings. The van der Waals surface area contributed by atoms with Gasteiger partial charge in [-0.1, -0.05) is 44.2 Å². The highest BCUT2D eigenvalue weighted by Gasteiger charge is 2.53. The van der Waals surface area contributed by atoms with E-state index in [1.165, 1.54) is 5.56 Å². The molecule has 1 heteroatoms. The summed E-state index contributed by atoms with van der Waals surface area (Å²) in [6.45, 7) is 6.68. The van der Waals surface area contributed by atoms with Gasteiger partial charge in [-0.05, 0) is 24.8 Å². The van der Waals surface area contributed by atoms with E-state index in [1.54, 1.807) is 0 Å². The number of hydrogen-bond acceptors (Lipinski definition) is 1. The zero-order valence-corrected chi connectivity index (χ0v) is 9.16. The van der Waals surface area contributed by atoms with Gasteiger partial charge in [0, 0.05) is 0 Å². The summed E-state index contributed by atoms with van der Waals surface area (Å²) in [6.07, 6.45) is 1.58. The second kappa shape index (κ2) is 3.39. The maximum absolute atomic E-state index is 5.80. The molecule has 1 unspecified atom stereocenters. The molecule has 0 saturated carbocycles. The lowest BCUT2D eigenvalue weighted by Gasteiger charge is -2.07. The topological polar surface area (TPSA) is 12.5 Å². The minimum absolute atomic E-state index is 0.00840. The highest BCUT2D eigenvalue weighted by molar-refractivity contribution is 5.27. The van der Waals surface area contributed by atoms with Crippen molar-refractivity contribution in [2.24, 2.45) is 5.92 Å². The Labute approximate surface area is 86.1 Å². The first-order valence-electron chi connectivity index (χ1n) is 5.36. The van der Waals surface area contributed by atoms with Crippen molar-refractivity contribution in [1.82, 2.24) is 0 Å². The van der Waals surface area contributed by atoms with Crippen molar-refractivity contribution in [1.29, 1.82) is 0 Å². The maximum atomic E-state index is 5.80. The van der Waals surface area contributed by atoms with Gasteiger partial charge in [0.05, 0.1) is 6.10 Å². The van der Waals surface area contributed by atoms with Crippen molar-refractivity contribution in [2.75, 3.05) is 0 Å². The summed E-state index contributed by atoms with van der Waals surface area (Å²) in [5.41, 5.74) is 1.30. The monoisotopic (exact) mass is 190 g/mol. The van der Waals surface area contributed by atoms with Gasteiger partial charge in [0.2, 0.25) is 0 Å². The average molecular weight is 190 g/mol. The smallest absolute Gasteiger partial charge is 0.117 e. The van der Waals surface area contributed by atoms with Gasteiger partial charge in [-0.2, -0.15) is 0 Å². The van der Waals surface area contributed by atoms with E-state index in [4.69, 9.17) is 4.74 Å². The first-order valence-corrected chi connectivity index (χ1v) is 5.36. The molecule has 2 atom stereocenters. The summed E-state index contributed by atoms with van der Waals surface area (Å²) in [4.78, 5) is 0. The molecule has 1 aliphatic rings. The molecule has 1 nitrogen and oxygen atoms in total. The Balaban J connectivity index is 2.07. The SMILES string of the molecule is CC(C)C[C@@H]1OC1(C)c1ccccc1. The fourth-order valence-electron chi connectivity index (χ4n) is 1.99. The molecule has 0 aromatic heterocycles. The van der Waals surface area contributed by atoms with E-state index in [0.717, 1.165) is 6.42 Å². The Kier molecular flexibility index (Phi) is 2.36. The zero-order valence-electron chi connectivity index (χ0n) is 9.16. The van der Waals surface area contributed by atoms with Crippen LogP contribution in [0.25, 0.3) is 0 Å². The van der Waals surface area contributed by atoms with Crippen LogP contribution in [0.2, 0.25) is 0 Å². The molecular weight excluding hydrogens is 172 g/mol. The summed E-state index contributed by atoms with van der Waals surface area (Å²) in [5, 5.41) is 0. The van der Waals surface area contributed by atoms with Crippen LogP contribution in [-0.4, -0.2) is 6.10 Å². The second-order valence-corrected chi connectivity index (χ2v) is 4.71. The fraction of sp³-hybridized carbons (Fsp3) is 0.538. The lowest BCUT2D eigenvalue weighted by atomic mass is 9.93. The number of ether oxygens (including phenoxy) is 1. The van der Waals surface area contributed by atoms with Gasteiger partial charge < -0.3 is 4.74 Å². The van der Waals surface area contributed by atoms with Crippen LogP contribution < -0.4 is 0 Å². The average Bonchev–Trinajstić information content (AvgIpc) is 2.79. The maximum Gasteiger partial charge on any atom is 0.117 e. The lowest BCUT2D eigenvalue weighted by molar-refractivity contribution is 0.302. The first-order chi connectivity index (χ1) is 6.63. The minimum atomic E-state index is -0.00840. The predicted molar refractivity (Wildman–Crippen MR) is 58.1 cm³/mol. The number of benzene rings is 1. The van der Waals surface area contributed by atoms with Crippen LogP contribution >= 0.6 is 0 Å². The van der Waals surface area contributed by atoms with Crippen LogP contribution in [0.15, 0.2) is 30.3 Å².